The minimum atomic E-state index is -3.92. The van der Waals surface area contributed by atoms with Crippen LogP contribution in [0.4, 0.5) is 10.1 Å². The molecule has 0 heterocycles. The molecule has 0 aliphatic carbocycles. The Bertz CT molecular complexity index is 810. The molecule has 0 atom stereocenters. The van der Waals surface area contributed by atoms with Crippen LogP contribution >= 0.6 is 23.8 Å². The number of anilines is 1. The molecule has 0 aromatic heterocycles. The fourth-order valence-electron chi connectivity index (χ4n) is 1.60. The summed E-state index contributed by atoms with van der Waals surface area (Å²) in [5.74, 6) is -0.603. The van der Waals surface area contributed by atoms with Gasteiger partial charge in [0.1, 0.15) is 10.8 Å². The van der Waals surface area contributed by atoms with Crippen LogP contribution in [0.3, 0.4) is 0 Å². The summed E-state index contributed by atoms with van der Waals surface area (Å²) in [6.07, 6.45) is 0. The van der Waals surface area contributed by atoms with Gasteiger partial charge in [0.25, 0.3) is 10.0 Å². The Morgan fingerprint density at radius 1 is 1.24 bits per heavy atom. The number of hydrogen-bond acceptors (Lipinski definition) is 3. The zero-order valence-electron chi connectivity index (χ0n) is 10.5. The van der Waals surface area contributed by atoms with Gasteiger partial charge in [-0.25, -0.2) is 12.8 Å². The quantitative estimate of drug-likeness (QED) is 0.836. The molecule has 21 heavy (non-hydrogen) atoms. The molecule has 0 amide bonds. The summed E-state index contributed by atoms with van der Waals surface area (Å²) in [6.45, 7) is 0. The Morgan fingerprint density at radius 2 is 1.95 bits per heavy atom. The van der Waals surface area contributed by atoms with E-state index in [-0.39, 0.29) is 20.6 Å². The van der Waals surface area contributed by atoms with Crippen LogP contribution in [0.5, 0.6) is 0 Å². The van der Waals surface area contributed by atoms with Crippen LogP contribution in [-0.4, -0.2) is 13.4 Å². The fourth-order valence-corrected chi connectivity index (χ4v) is 3.06. The van der Waals surface area contributed by atoms with Crippen molar-refractivity contribution in [1.82, 2.24) is 0 Å². The van der Waals surface area contributed by atoms with Crippen molar-refractivity contribution in [2.24, 2.45) is 5.73 Å². The maximum atomic E-state index is 13.2. The topological polar surface area (TPSA) is 72.2 Å². The number of benzene rings is 2. The first-order chi connectivity index (χ1) is 9.79. The molecular formula is C13H10ClFN2O2S2. The van der Waals surface area contributed by atoms with Crippen LogP contribution in [0.25, 0.3) is 0 Å². The monoisotopic (exact) mass is 344 g/mol. The summed E-state index contributed by atoms with van der Waals surface area (Å²) >= 11 is 10.6. The van der Waals surface area contributed by atoms with Crippen molar-refractivity contribution in [3.8, 4) is 0 Å². The van der Waals surface area contributed by atoms with Crippen LogP contribution in [0.1, 0.15) is 5.56 Å². The highest BCUT2D eigenvalue weighted by molar-refractivity contribution is 7.92. The van der Waals surface area contributed by atoms with Gasteiger partial charge >= 0.3 is 0 Å². The van der Waals surface area contributed by atoms with E-state index in [0.29, 0.717) is 5.56 Å². The molecule has 0 saturated heterocycles. The standard InChI is InChI=1S/C13H10ClFN2O2S2/c14-11-5-4-9(15)7-12(11)17-21(18,19)10-3-1-2-8(6-10)13(16)20/h1-7,17H,(H2,16,20). The van der Waals surface area contributed by atoms with Crippen molar-refractivity contribution in [2.75, 3.05) is 4.72 Å². The van der Waals surface area contributed by atoms with Gasteiger partial charge in [0.2, 0.25) is 0 Å². The van der Waals surface area contributed by atoms with E-state index >= 15 is 0 Å². The number of sulfonamides is 1. The molecule has 3 N–H and O–H groups in total. The van der Waals surface area contributed by atoms with E-state index < -0.39 is 15.8 Å². The van der Waals surface area contributed by atoms with Gasteiger partial charge in [0.05, 0.1) is 15.6 Å². The first kappa shape index (κ1) is 15.7. The lowest BCUT2D eigenvalue weighted by Gasteiger charge is -2.10. The Kier molecular flexibility index (Phi) is 4.46. The van der Waals surface area contributed by atoms with E-state index in [1.165, 1.54) is 24.3 Å². The third-order valence-electron chi connectivity index (χ3n) is 2.60. The Morgan fingerprint density at radius 3 is 2.62 bits per heavy atom. The van der Waals surface area contributed by atoms with Crippen molar-refractivity contribution in [2.45, 2.75) is 4.90 Å². The number of nitrogens with two attached hydrogens (primary N) is 1. The molecule has 0 radical (unpaired) electrons. The third-order valence-corrected chi connectivity index (χ3v) is 4.53. The Hall–Kier alpha value is -1.70. The van der Waals surface area contributed by atoms with Crippen LogP contribution < -0.4 is 10.5 Å². The molecule has 0 unspecified atom stereocenters. The predicted octanol–water partition coefficient (Wildman–Crippen LogP) is 2.91. The second kappa shape index (κ2) is 5.97. The van der Waals surface area contributed by atoms with Gasteiger partial charge in [0.15, 0.2) is 0 Å². The summed E-state index contributed by atoms with van der Waals surface area (Å²) in [4.78, 5) is 0.0314. The summed E-state index contributed by atoms with van der Waals surface area (Å²) in [5, 5.41) is 0.0884. The van der Waals surface area contributed by atoms with E-state index in [0.717, 1.165) is 12.1 Å². The molecule has 4 nitrogen and oxygen atoms in total. The van der Waals surface area contributed by atoms with Crippen molar-refractivity contribution in [3.05, 3.63) is 58.9 Å². The maximum absolute atomic E-state index is 13.2. The first-order valence-corrected chi connectivity index (χ1v) is 7.94. The van der Waals surface area contributed by atoms with Crippen LogP contribution in [0.2, 0.25) is 5.02 Å². The van der Waals surface area contributed by atoms with Crippen molar-refractivity contribution < 1.29 is 12.8 Å². The molecule has 2 rings (SSSR count). The number of hydrogen-bond donors (Lipinski definition) is 2. The van der Waals surface area contributed by atoms with Crippen LogP contribution in [-0.2, 0) is 10.0 Å². The summed E-state index contributed by atoms with van der Waals surface area (Å²) in [6, 6.07) is 9.20. The Balaban J connectivity index is 2.41. The predicted molar refractivity (Wildman–Crippen MR) is 84.5 cm³/mol. The van der Waals surface area contributed by atoms with E-state index in [2.05, 4.69) is 4.72 Å². The number of rotatable bonds is 4. The van der Waals surface area contributed by atoms with Gasteiger partial charge in [0, 0.05) is 5.56 Å². The highest BCUT2D eigenvalue weighted by Crippen LogP contribution is 2.25. The number of halogens is 2. The summed E-state index contributed by atoms with van der Waals surface area (Å²) in [7, 11) is -3.92. The molecule has 2 aromatic rings. The lowest BCUT2D eigenvalue weighted by Crippen LogP contribution is -2.15. The zero-order valence-corrected chi connectivity index (χ0v) is 12.9. The number of nitrogens with one attached hydrogen (secondary N) is 1. The molecule has 0 spiro atoms. The highest BCUT2D eigenvalue weighted by Gasteiger charge is 2.17. The molecule has 0 fully saturated rings. The molecule has 8 heteroatoms. The SMILES string of the molecule is NC(=S)c1cccc(S(=O)(=O)Nc2cc(F)ccc2Cl)c1. The molecule has 0 saturated carbocycles. The van der Waals surface area contributed by atoms with Gasteiger partial charge in [-0.05, 0) is 30.3 Å². The zero-order chi connectivity index (χ0) is 15.6. The second-order valence-corrected chi connectivity index (χ2v) is 6.65. The van der Waals surface area contributed by atoms with E-state index in [9.17, 15) is 12.8 Å². The average Bonchev–Trinajstić information content (AvgIpc) is 2.43. The first-order valence-electron chi connectivity index (χ1n) is 5.67. The van der Waals surface area contributed by atoms with Gasteiger partial charge < -0.3 is 5.73 Å². The van der Waals surface area contributed by atoms with Gasteiger partial charge in [-0.1, -0.05) is 36.0 Å². The van der Waals surface area contributed by atoms with Crippen LogP contribution in [0, 0.1) is 5.82 Å². The lowest BCUT2D eigenvalue weighted by atomic mass is 10.2. The van der Waals surface area contributed by atoms with E-state index in [1.807, 2.05) is 0 Å². The van der Waals surface area contributed by atoms with Crippen molar-refractivity contribution in [3.63, 3.8) is 0 Å². The molecule has 0 bridgehead atoms. The third kappa shape index (κ3) is 3.69. The summed E-state index contributed by atoms with van der Waals surface area (Å²) in [5.41, 5.74) is 5.84. The minimum absolute atomic E-state index is 0.0441. The maximum Gasteiger partial charge on any atom is 0.261 e. The molecule has 110 valence electrons. The largest absolute Gasteiger partial charge is 0.389 e. The molecular weight excluding hydrogens is 335 g/mol. The molecule has 0 aliphatic rings. The van der Waals surface area contributed by atoms with E-state index in [1.54, 1.807) is 6.07 Å². The highest BCUT2D eigenvalue weighted by atomic mass is 35.5. The summed E-state index contributed by atoms with van der Waals surface area (Å²) < 4.78 is 39.9. The van der Waals surface area contributed by atoms with Gasteiger partial charge in [-0.15, -0.1) is 0 Å². The normalized spacial score (nSPS) is 11.1. The lowest BCUT2D eigenvalue weighted by molar-refractivity contribution is 0.601. The fraction of sp³-hybridized carbons (Fsp3) is 0. The molecule has 0 aliphatic heterocycles. The number of thiocarbonyl (C=S) groups is 1. The second-order valence-electron chi connectivity index (χ2n) is 4.12. The van der Waals surface area contributed by atoms with Crippen molar-refractivity contribution >= 4 is 44.5 Å². The minimum Gasteiger partial charge on any atom is -0.389 e. The van der Waals surface area contributed by atoms with Crippen LogP contribution in [0.15, 0.2) is 47.4 Å². The van der Waals surface area contributed by atoms with Gasteiger partial charge in [-0.2, -0.15) is 0 Å². The van der Waals surface area contributed by atoms with Gasteiger partial charge in [-0.3, -0.25) is 4.72 Å². The molecule has 2 aromatic carbocycles. The smallest absolute Gasteiger partial charge is 0.261 e. The van der Waals surface area contributed by atoms with Crippen molar-refractivity contribution in [1.29, 1.82) is 0 Å². The van der Waals surface area contributed by atoms with E-state index in [4.69, 9.17) is 29.6 Å². The Labute approximate surface area is 131 Å². The average molecular weight is 345 g/mol.